The van der Waals surface area contributed by atoms with Crippen LogP contribution < -0.4 is 20.7 Å². The predicted octanol–water partition coefficient (Wildman–Crippen LogP) is 7.65. The van der Waals surface area contributed by atoms with Crippen LogP contribution in [0.4, 0.5) is 16.5 Å². The molecule has 248 valence electrons. The van der Waals surface area contributed by atoms with E-state index in [0.717, 1.165) is 11.3 Å². The molecule has 0 bridgehead atoms. The average Bonchev–Trinajstić information content (AvgIpc) is 3.59. The van der Waals surface area contributed by atoms with Gasteiger partial charge in [0.25, 0.3) is 17.5 Å². The summed E-state index contributed by atoms with van der Waals surface area (Å²) in [6, 6.07) is 28.7. The zero-order chi connectivity index (χ0) is 34.8. The summed E-state index contributed by atoms with van der Waals surface area (Å²) < 4.78 is 5.30. The molecule has 0 aliphatic heterocycles. The fourth-order valence-corrected chi connectivity index (χ4v) is 6.37. The monoisotopic (exact) mass is 693 g/mol. The fourth-order valence-electron chi connectivity index (χ4n) is 4.64. The lowest BCUT2D eigenvalue weighted by atomic mass is 10.1. The Hall–Kier alpha value is -5.79. The van der Waals surface area contributed by atoms with Gasteiger partial charge in [-0.05, 0) is 61.0 Å². The third-order valence-corrected chi connectivity index (χ3v) is 9.21. The van der Waals surface area contributed by atoms with Gasteiger partial charge in [-0.2, -0.15) is 0 Å². The number of carbonyl (C=O) groups excluding carboxylic acids is 3. The molecule has 0 saturated carbocycles. The summed E-state index contributed by atoms with van der Waals surface area (Å²) in [6.07, 6.45) is 1.79. The molecule has 1 heterocycles. The van der Waals surface area contributed by atoms with Crippen molar-refractivity contribution in [1.82, 2.24) is 10.3 Å². The molecule has 5 aromatic rings. The Morgan fingerprint density at radius 2 is 1.71 bits per heavy atom. The van der Waals surface area contributed by atoms with Crippen LogP contribution in [0.1, 0.15) is 29.3 Å². The van der Waals surface area contributed by atoms with Gasteiger partial charge in [-0.3, -0.25) is 24.5 Å². The highest BCUT2D eigenvalue weighted by molar-refractivity contribution is 8.00. The summed E-state index contributed by atoms with van der Waals surface area (Å²) in [6.45, 7) is 1.90. The van der Waals surface area contributed by atoms with Crippen molar-refractivity contribution in [2.24, 2.45) is 0 Å². The van der Waals surface area contributed by atoms with Gasteiger partial charge in [0.1, 0.15) is 11.4 Å². The van der Waals surface area contributed by atoms with E-state index in [4.69, 9.17) is 4.74 Å². The molecule has 3 amide bonds. The molecule has 13 heteroatoms. The van der Waals surface area contributed by atoms with Crippen LogP contribution >= 0.6 is 23.1 Å². The van der Waals surface area contributed by atoms with E-state index in [-0.39, 0.29) is 22.9 Å². The molecule has 0 fully saturated rings. The van der Waals surface area contributed by atoms with Gasteiger partial charge in [0, 0.05) is 33.2 Å². The van der Waals surface area contributed by atoms with Crippen molar-refractivity contribution in [3.63, 3.8) is 0 Å². The highest BCUT2D eigenvalue weighted by atomic mass is 32.2. The van der Waals surface area contributed by atoms with E-state index in [1.54, 1.807) is 61.7 Å². The van der Waals surface area contributed by atoms with Crippen LogP contribution in [-0.4, -0.2) is 40.0 Å². The second kappa shape index (κ2) is 16.4. The molecule has 11 nitrogen and oxygen atoms in total. The van der Waals surface area contributed by atoms with Crippen LogP contribution in [0.2, 0.25) is 0 Å². The Labute approximate surface area is 290 Å². The number of thiazole rings is 1. The average molecular weight is 694 g/mol. The van der Waals surface area contributed by atoms with Crippen LogP contribution in [0.25, 0.3) is 17.3 Å². The van der Waals surface area contributed by atoms with Gasteiger partial charge in [0.05, 0.1) is 28.5 Å². The molecule has 0 spiro atoms. The first kappa shape index (κ1) is 34.5. The first-order chi connectivity index (χ1) is 23.7. The Morgan fingerprint density at radius 3 is 2.47 bits per heavy atom. The fraction of sp³-hybridized carbons (Fsp3) is 0.111. The number of nitrogens with one attached hydrogen (secondary N) is 3. The molecule has 0 radical (unpaired) electrons. The van der Waals surface area contributed by atoms with Gasteiger partial charge in [-0.25, -0.2) is 4.98 Å². The quantitative estimate of drug-likeness (QED) is 0.0492. The summed E-state index contributed by atoms with van der Waals surface area (Å²) in [5.41, 5.74) is 2.02. The van der Waals surface area contributed by atoms with Crippen molar-refractivity contribution in [2.45, 2.75) is 23.5 Å². The van der Waals surface area contributed by atoms with Crippen LogP contribution in [0, 0.1) is 10.1 Å². The third-order valence-electron chi connectivity index (χ3n) is 7.10. The molecule has 49 heavy (non-hydrogen) atoms. The Balaban J connectivity index is 1.30. The minimum Gasteiger partial charge on any atom is -0.497 e. The summed E-state index contributed by atoms with van der Waals surface area (Å²) in [7, 11) is 1.60. The third kappa shape index (κ3) is 9.18. The molecule has 0 aliphatic carbocycles. The number of nitrogens with zero attached hydrogens (tertiary/aromatic N) is 2. The smallest absolute Gasteiger partial charge is 0.276 e. The Kier molecular flexibility index (Phi) is 11.5. The van der Waals surface area contributed by atoms with Gasteiger partial charge in [-0.1, -0.05) is 55.5 Å². The van der Waals surface area contributed by atoms with Crippen molar-refractivity contribution >= 4 is 63.4 Å². The maximum Gasteiger partial charge on any atom is 0.276 e. The summed E-state index contributed by atoms with van der Waals surface area (Å²) in [5.74, 6) is -0.754. The number of hydrogen-bond donors (Lipinski definition) is 3. The van der Waals surface area contributed by atoms with E-state index in [1.807, 2.05) is 42.6 Å². The van der Waals surface area contributed by atoms with E-state index < -0.39 is 22.0 Å². The van der Waals surface area contributed by atoms with Crippen molar-refractivity contribution < 1.29 is 24.0 Å². The number of ether oxygens (including phenoxy) is 1. The first-order valence-electron chi connectivity index (χ1n) is 15.0. The van der Waals surface area contributed by atoms with Gasteiger partial charge >= 0.3 is 0 Å². The number of methoxy groups -OCH3 is 1. The minimum absolute atomic E-state index is 0.142. The van der Waals surface area contributed by atoms with Crippen molar-refractivity contribution in [3.05, 3.63) is 135 Å². The number of hydrogen-bond acceptors (Lipinski definition) is 9. The number of carbonyl (C=O) groups is 3. The highest BCUT2D eigenvalue weighted by Gasteiger charge is 2.21. The molecule has 4 aromatic carbocycles. The minimum atomic E-state index is -0.690. The second-order valence-electron chi connectivity index (χ2n) is 10.4. The maximum absolute atomic E-state index is 13.6. The predicted molar refractivity (Wildman–Crippen MR) is 193 cm³/mol. The Morgan fingerprint density at radius 1 is 0.959 bits per heavy atom. The number of thioether (sulfide) groups is 1. The van der Waals surface area contributed by atoms with Crippen LogP contribution in [0.5, 0.6) is 5.75 Å². The lowest BCUT2D eigenvalue weighted by Gasteiger charge is -2.15. The van der Waals surface area contributed by atoms with Gasteiger partial charge in [0.15, 0.2) is 5.13 Å². The zero-order valence-electron chi connectivity index (χ0n) is 26.4. The number of nitro groups is 1. The van der Waals surface area contributed by atoms with E-state index in [1.165, 1.54) is 47.4 Å². The van der Waals surface area contributed by atoms with Crippen LogP contribution in [0.15, 0.2) is 119 Å². The number of nitro benzene ring substituents is 1. The molecular formula is C36H31N5O6S2. The summed E-state index contributed by atoms with van der Waals surface area (Å²) in [4.78, 5) is 56.2. The lowest BCUT2D eigenvalue weighted by Crippen LogP contribution is -2.30. The number of aromatic nitrogens is 1. The Bertz CT molecular complexity index is 2010. The molecule has 0 aliphatic rings. The molecule has 1 unspecified atom stereocenters. The van der Waals surface area contributed by atoms with E-state index in [9.17, 15) is 24.5 Å². The lowest BCUT2D eigenvalue weighted by molar-refractivity contribution is -0.385. The molecular weight excluding hydrogens is 663 g/mol. The standard InChI is InChI=1S/C36H31N5O6S2/c1-3-32(35(44)40-36-39-30(22-48-36)24-14-9-16-27(19-24)47-2)49-28-17-10-15-26(21-28)37-34(43)29(38-33(42)23-11-5-4-6-12-23)20-25-13-7-8-18-31(25)41(45)46/h4-22,32H,3H2,1-2H3,(H,37,43)(H,38,42)(H,39,40,44)/b29-20+. The van der Waals surface area contributed by atoms with E-state index in [2.05, 4.69) is 20.9 Å². The summed E-state index contributed by atoms with van der Waals surface area (Å²) >= 11 is 2.65. The summed E-state index contributed by atoms with van der Waals surface area (Å²) in [5, 5.41) is 21.8. The van der Waals surface area contributed by atoms with Crippen molar-refractivity contribution in [3.8, 4) is 17.0 Å². The number of para-hydroxylation sites is 1. The molecule has 5 rings (SSSR count). The number of rotatable bonds is 13. The van der Waals surface area contributed by atoms with Crippen molar-refractivity contribution in [1.29, 1.82) is 0 Å². The molecule has 1 aromatic heterocycles. The van der Waals surface area contributed by atoms with Crippen LogP contribution in [-0.2, 0) is 9.59 Å². The second-order valence-corrected chi connectivity index (χ2v) is 12.6. The topological polar surface area (TPSA) is 153 Å². The largest absolute Gasteiger partial charge is 0.497 e. The highest BCUT2D eigenvalue weighted by Crippen LogP contribution is 2.31. The van der Waals surface area contributed by atoms with Crippen LogP contribution in [0.3, 0.4) is 0 Å². The maximum atomic E-state index is 13.6. The molecule has 1 atom stereocenters. The van der Waals surface area contributed by atoms with Crippen molar-refractivity contribution in [2.75, 3.05) is 17.7 Å². The van der Waals surface area contributed by atoms with Gasteiger partial charge in [-0.15, -0.1) is 23.1 Å². The van der Waals surface area contributed by atoms with Gasteiger partial charge < -0.3 is 20.7 Å². The number of anilines is 2. The molecule has 3 N–H and O–H groups in total. The molecule has 0 saturated heterocycles. The SMILES string of the molecule is CCC(Sc1cccc(NC(=O)/C(=C\c2ccccc2[N+](=O)[O-])NC(=O)c2ccccc2)c1)C(=O)Nc1nc(-c2cccc(OC)c2)cs1. The number of amides is 3. The van der Waals surface area contributed by atoms with E-state index >= 15 is 0 Å². The van der Waals surface area contributed by atoms with E-state index in [0.29, 0.717) is 33.4 Å². The van der Waals surface area contributed by atoms with Gasteiger partial charge in [0.2, 0.25) is 5.91 Å². The number of benzene rings is 4. The normalized spacial score (nSPS) is 11.7. The first-order valence-corrected chi connectivity index (χ1v) is 16.8. The zero-order valence-corrected chi connectivity index (χ0v) is 28.0.